The van der Waals surface area contributed by atoms with E-state index in [4.69, 9.17) is 9.47 Å². The lowest BCUT2D eigenvalue weighted by atomic mass is 10.1. The molecule has 0 spiro atoms. The standard InChI is InChI=1S/C19H16N4O4/c1-26-15-3-2-13(20-9-15)11-27-14-4-5-16-12(8-14)10-23(19(16)25)17-6-7-18(24)22-21-17/h2-9H,10-11H2,1H3,(H,22,24). The molecule has 1 aliphatic rings. The van der Waals surface area contributed by atoms with Gasteiger partial charge in [-0.25, -0.2) is 5.10 Å². The van der Waals surface area contributed by atoms with Crippen LogP contribution in [0.3, 0.4) is 0 Å². The summed E-state index contributed by atoms with van der Waals surface area (Å²) in [6.07, 6.45) is 1.63. The van der Waals surface area contributed by atoms with E-state index in [0.717, 1.165) is 11.3 Å². The number of benzene rings is 1. The molecule has 0 radical (unpaired) electrons. The second-order valence-electron chi connectivity index (χ2n) is 5.97. The number of H-pyrrole nitrogens is 1. The van der Waals surface area contributed by atoms with Crippen molar-refractivity contribution in [2.75, 3.05) is 12.0 Å². The van der Waals surface area contributed by atoms with Crippen molar-refractivity contribution in [2.45, 2.75) is 13.2 Å². The van der Waals surface area contributed by atoms with Crippen LogP contribution >= 0.6 is 0 Å². The number of nitrogens with zero attached hydrogens (tertiary/aromatic N) is 3. The minimum Gasteiger partial charge on any atom is -0.495 e. The highest BCUT2D eigenvalue weighted by Crippen LogP contribution is 2.29. The van der Waals surface area contributed by atoms with Crippen LogP contribution in [0.5, 0.6) is 11.5 Å². The molecule has 0 unspecified atom stereocenters. The normalized spacial score (nSPS) is 12.8. The van der Waals surface area contributed by atoms with Crippen LogP contribution in [0, 0.1) is 0 Å². The van der Waals surface area contributed by atoms with Gasteiger partial charge in [-0.15, -0.1) is 0 Å². The number of hydrogen-bond donors (Lipinski definition) is 1. The molecule has 8 nitrogen and oxygen atoms in total. The third kappa shape index (κ3) is 3.37. The molecule has 136 valence electrons. The summed E-state index contributed by atoms with van der Waals surface area (Å²) in [5.74, 6) is 1.58. The summed E-state index contributed by atoms with van der Waals surface area (Å²) in [5.41, 5.74) is 1.89. The lowest BCUT2D eigenvalue weighted by molar-refractivity contribution is 0.0995. The number of rotatable bonds is 5. The van der Waals surface area contributed by atoms with Crippen molar-refractivity contribution in [3.63, 3.8) is 0 Å². The van der Waals surface area contributed by atoms with Gasteiger partial charge in [-0.05, 0) is 42.0 Å². The summed E-state index contributed by atoms with van der Waals surface area (Å²) in [4.78, 5) is 29.5. The SMILES string of the molecule is COc1ccc(COc2ccc3c(c2)CN(c2ccc(=O)[nH]n2)C3=O)nc1. The van der Waals surface area contributed by atoms with Crippen LogP contribution in [0.25, 0.3) is 0 Å². The number of aromatic amines is 1. The Labute approximate surface area is 154 Å². The minimum absolute atomic E-state index is 0.159. The van der Waals surface area contributed by atoms with Gasteiger partial charge in [-0.1, -0.05) is 0 Å². The number of hydrogen-bond acceptors (Lipinski definition) is 6. The molecule has 1 N–H and O–H groups in total. The highest BCUT2D eigenvalue weighted by molar-refractivity contribution is 6.09. The molecule has 1 aliphatic heterocycles. The van der Waals surface area contributed by atoms with Gasteiger partial charge in [-0.3, -0.25) is 19.5 Å². The first-order valence-electron chi connectivity index (χ1n) is 8.26. The lowest BCUT2D eigenvalue weighted by Crippen LogP contribution is -2.25. The first kappa shape index (κ1) is 16.8. The topological polar surface area (TPSA) is 97.4 Å². The summed E-state index contributed by atoms with van der Waals surface area (Å²) < 4.78 is 10.9. The Morgan fingerprint density at radius 2 is 1.96 bits per heavy atom. The number of fused-ring (bicyclic) bond motifs is 1. The monoisotopic (exact) mass is 364 g/mol. The second kappa shape index (κ2) is 6.91. The molecule has 27 heavy (non-hydrogen) atoms. The van der Waals surface area contributed by atoms with Crippen molar-refractivity contribution in [2.24, 2.45) is 0 Å². The van der Waals surface area contributed by atoms with Crippen LogP contribution in [-0.2, 0) is 13.2 Å². The third-order valence-electron chi connectivity index (χ3n) is 4.24. The number of aromatic nitrogens is 3. The zero-order chi connectivity index (χ0) is 18.8. The van der Waals surface area contributed by atoms with E-state index in [-0.39, 0.29) is 11.5 Å². The molecule has 0 fully saturated rings. The fraction of sp³-hybridized carbons (Fsp3) is 0.158. The highest BCUT2D eigenvalue weighted by atomic mass is 16.5. The Balaban J connectivity index is 1.48. The first-order valence-corrected chi connectivity index (χ1v) is 8.26. The smallest absolute Gasteiger partial charge is 0.264 e. The Bertz CT molecular complexity index is 1030. The molecule has 8 heteroatoms. The van der Waals surface area contributed by atoms with E-state index < -0.39 is 0 Å². The molecular formula is C19H16N4O4. The number of nitrogens with one attached hydrogen (secondary N) is 1. The molecule has 0 bridgehead atoms. The second-order valence-corrected chi connectivity index (χ2v) is 5.97. The average Bonchev–Trinajstić information content (AvgIpc) is 3.03. The van der Waals surface area contributed by atoms with Gasteiger partial charge in [0.05, 0.1) is 25.5 Å². The minimum atomic E-state index is -0.314. The van der Waals surface area contributed by atoms with Gasteiger partial charge in [0, 0.05) is 11.6 Å². The number of carbonyl (C=O) groups is 1. The zero-order valence-corrected chi connectivity index (χ0v) is 14.5. The quantitative estimate of drug-likeness (QED) is 0.743. The largest absolute Gasteiger partial charge is 0.495 e. The molecule has 3 aromatic rings. The molecule has 2 aromatic heterocycles. The van der Waals surface area contributed by atoms with E-state index in [9.17, 15) is 9.59 Å². The Hall–Kier alpha value is -3.68. The molecule has 4 rings (SSSR count). The number of methoxy groups -OCH3 is 1. The van der Waals surface area contributed by atoms with Crippen LogP contribution in [-0.4, -0.2) is 28.2 Å². The van der Waals surface area contributed by atoms with Gasteiger partial charge in [0.15, 0.2) is 5.82 Å². The molecule has 0 saturated heterocycles. The Morgan fingerprint density at radius 3 is 2.67 bits per heavy atom. The number of anilines is 1. The number of carbonyl (C=O) groups excluding carboxylic acids is 1. The maximum Gasteiger partial charge on any atom is 0.264 e. The molecule has 0 aliphatic carbocycles. The first-order chi connectivity index (χ1) is 13.1. The van der Waals surface area contributed by atoms with Crippen LogP contribution < -0.4 is 19.9 Å². The van der Waals surface area contributed by atoms with Gasteiger partial charge in [0.2, 0.25) is 0 Å². The Morgan fingerprint density at radius 1 is 1.11 bits per heavy atom. The van der Waals surface area contributed by atoms with E-state index in [0.29, 0.717) is 36.0 Å². The van der Waals surface area contributed by atoms with Gasteiger partial charge < -0.3 is 9.47 Å². The highest BCUT2D eigenvalue weighted by Gasteiger charge is 2.29. The molecule has 1 amide bonds. The average molecular weight is 364 g/mol. The summed E-state index contributed by atoms with van der Waals surface area (Å²) in [6, 6.07) is 11.8. The maximum absolute atomic E-state index is 12.6. The van der Waals surface area contributed by atoms with E-state index in [1.165, 1.54) is 17.0 Å². The van der Waals surface area contributed by atoms with E-state index in [1.54, 1.807) is 25.4 Å². The van der Waals surface area contributed by atoms with Crippen molar-refractivity contribution >= 4 is 11.7 Å². The van der Waals surface area contributed by atoms with E-state index >= 15 is 0 Å². The predicted octanol–water partition coefficient (Wildman–Crippen LogP) is 1.91. The maximum atomic E-state index is 12.6. The zero-order valence-electron chi connectivity index (χ0n) is 14.5. The third-order valence-corrected chi connectivity index (χ3v) is 4.24. The van der Waals surface area contributed by atoms with Gasteiger partial charge >= 0.3 is 0 Å². The van der Waals surface area contributed by atoms with Gasteiger partial charge in [0.25, 0.3) is 11.5 Å². The number of amides is 1. The molecule has 3 heterocycles. The van der Waals surface area contributed by atoms with Crippen molar-refractivity contribution in [1.29, 1.82) is 0 Å². The van der Waals surface area contributed by atoms with Crippen LogP contribution in [0.1, 0.15) is 21.6 Å². The lowest BCUT2D eigenvalue weighted by Gasteiger charge is -2.12. The van der Waals surface area contributed by atoms with Crippen LogP contribution in [0.2, 0.25) is 0 Å². The number of ether oxygens (including phenoxy) is 2. The fourth-order valence-corrected chi connectivity index (χ4v) is 2.83. The fourth-order valence-electron chi connectivity index (χ4n) is 2.83. The summed E-state index contributed by atoms with van der Waals surface area (Å²) in [5, 5.41) is 6.27. The van der Waals surface area contributed by atoms with E-state index in [1.807, 2.05) is 18.2 Å². The molecule has 0 atom stereocenters. The van der Waals surface area contributed by atoms with E-state index in [2.05, 4.69) is 15.2 Å². The van der Waals surface area contributed by atoms with Crippen molar-refractivity contribution in [3.8, 4) is 11.5 Å². The molecule has 0 saturated carbocycles. The predicted molar refractivity (Wildman–Crippen MR) is 96.9 cm³/mol. The van der Waals surface area contributed by atoms with Crippen LogP contribution in [0.15, 0.2) is 53.5 Å². The van der Waals surface area contributed by atoms with Crippen molar-refractivity contribution in [3.05, 3.63) is 75.8 Å². The summed E-state index contributed by atoms with van der Waals surface area (Å²) in [7, 11) is 1.59. The van der Waals surface area contributed by atoms with Crippen molar-refractivity contribution < 1.29 is 14.3 Å². The molecular weight excluding hydrogens is 348 g/mol. The summed E-state index contributed by atoms with van der Waals surface area (Å²) >= 11 is 0. The van der Waals surface area contributed by atoms with Gasteiger partial charge in [-0.2, -0.15) is 5.10 Å². The summed E-state index contributed by atoms with van der Waals surface area (Å²) in [6.45, 7) is 0.674. The Kier molecular flexibility index (Phi) is 4.29. The van der Waals surface area contributed by atoms with Crippen LogP contribution in [0.4, 0.5) is 5.82 Å². The number of pyridine rings is 1. The van der Waals surface area contributed by atoms with Crippen molar-refractivity contribution in [1.82, 2.24) is 15.2 Å². The molecule has 1 aromatic carbocycles. The van der Waals surface area contributed by atoms with Gasteiger partial charge in [0.1, 0.15) is 18.1 Å².